The Morgan fingerprint density at radius 1 is 1.60 bits per heavy atom. The van der Waals surface area contributed by atoms with Crippen LogP contribution in [-0.2, 0) is 6.54 Å². The molecule has 15 heavy (non-hydrogen) atoms. The maximum Gasteiger partial charge on any atom is 0.0772 e. The van der Waals surface area contributed by atoms with Gasteiger partial charge in [-0.1, -0.05) is 6.92 Å². The van der Waals surface area contributed by atoms with Gasteiger partial charge in [-0.3, -0.25) is 4.98 Å². The molecule has 1 aromatic rings. The van der Waals surface area contributed by atoms with Gasteiger partial charge in [-0.2, -0.15) is 0 Å². The molecule has 82 valence electrons. The minimum atomic E-state index is 0.531. The summed E-state index contributed by atoms with van der Waals surface area (Å²) in [4.78, 5) is 6.81. The van der Waals surface area contributed by atoms with Gasteiger partial charge in [0.1, 0.15) is 0 Å². The normalized spacial score (nSPS) is 20.9. The van der Waals surface area contributed by atoms with E-state index in [4.69, 9.17) is 5.73 Å². The number of nitrogens with zero attached hydrogens (tertiary/aromatic N) is 2. The lowest BCUT2D eigenvalue weighted by Crippen LogP contribution is -2.29. The fraction of sp³-hybridized carbons (Fsp3) is 0.583. The van der Waals surface area contributed by atoms with E-state index in [-0.39, 0.29) is 0 Å². The van der Waals surface area contributed by atoms with Gasteiger partial charge in [-0.25, -0.2) is 0 Å². The topological polar surface area (TPSA) is 42.2 Å². The van der Waals surface area contributed by atoms with Crippen LogP contribution in [0.4, 0.5) is 5.69 Å². The van der Waals surface area contributed by atoms with Crippen LogP contribution >= 0.6 is 0 Å². The van der Waals surface area contributed by atoms with Crippen LogP contribution in [0, 0.1) is 0 Å². The molecular weight excluding hydrogens is 186 g/mol. The van der Waals surface area contributed by atoms with Gasteiger partial charge in [0, 0.05) is 25.3 Å². The zero-order chi connectivity index (χ0) is 10.7. The number of hydrogen-bond acceptors (Lipinski definition) is 3. The van der Waals surface area contributed by atoms with E-state index >= 15 is 0 Å². The van der Waals surface area contributed by atoms with Gasteiger partial charge in [-0.15, -0.1) is 0 Å². The third-order valence-corrected chi connectivity index (χ3v) is 3.22. The van der Waals surface area contributed by atoms with Crippen LogP contribution in [-0.4, -0.2) is 17.6 Å². The van der Waals surface area contributed by atoms with Crippen LogP contribution in [0.15, 0.2) is 18.3 Å². The predicted molar refractivity (Wildman–Crippen MR) is 62.8 cm³/mol. The molecule has 0 aromatic carbocycles. The molecule has 1 atom stereocenters. The quantitative estimate of drug-likeness (QED) is 0.819. The summed E-state index contributed by atoms with van der Waals surface area (Å²) in [5.74, 6) is 0. The van der Waals surface area contributed by atoms with Crippen molar-refractivity contribution < 1.29 is 0 Å². The molecule has 2 N–H and O–H groups in total. The van der Waals surface area contributed by atoms with Crippen molar-refractivity contribution in [2.75, 3.05) is 11.4 Å². The molecule has 1 unspecified atom stereocenters. The first-order valence-electron chi connectivity index (χ1n) is 5.77. The van der Waals surface area contributed by atoms with Crippen LogP contribution in [0.2, 0.25) is 0 Å². The van der Waals surface area contributed by atoms with Crippen molar-refractivity contribution in [1.82, 2.24) is 4.98 Å². The first kappa shape index (κ1) is 10.4. The van der Waals surface area contributed by atoms with Crippen molar-refractivity contribution in [2.24, 2.45) is 5.73 Å². The third-order valence-electron chi connectivity index (χ3n) is 3.22. The Morgan fingerprint density at radius 2 is 2.47 bits per heavy atom. The van der Waals surface area contributed by atoms with E-state index in [1.165, 1.54) is 24.9 Å². The van der Waals surface area contributed by atoms with E-state index < -0.39 is 0 Å². The van der Waals surface area contributed by atoms with Gasteiger partial charge in [0.2, 0.25) is 0 Å². The van der Waals surface area contributed by atoms with Crippen molar-refractivity contribution in [2.45, 2.75) is 38.8 Å². The van der Waals surface area contributed by atoms with Gasteiger partial charge < -0.3 is 10.6 Å². The number of rotatable bonds is 3. The summed E-state index contributed by atoms with van der Waals surface area (Å²) in [5.41, 5.74) is 7.98. The highest BCUT2D eigenvalue weighted by Crippen LogP contribution is 2.28. The zero-order valence-corrected chi connectivity index (χ0v) is 9.32. The van der Waals surface area contributed by atoms with E-state index in [1.54, 1.807) is 0 Å². The zero-order valence-electron chi connectivity index (χ0n) is 9.32. The molecule has 0 radical (unpaired) electrons. The van der Waals surface area contributed by atoms with Gasteiger partial charge in [0.15, 0.2) is 0 Å². The SMILES string of the molecule is CCC1CCCN1c1cccnc1CN. The Bertz CT molecular complexity index is 324. The molecule has 1 aliphatic heterocycles. The first-order valence-corrected chi connectivity index (χ1v) is 5.77. The largest absolute Gasteiger partial charge is 0.367 e. The molecule has 3 nitrogen and oxygen atoms in total. The van der Waals surface area contributed by atoms with Gasteiger partial charge in [0.05, 0.1) is 11.4 Å². The average molecular weight is 205 g/mol. The Hall–Kier alpha value is -1.09. The monoisotopic (exact) mass is 205 g/mol. The van der Waals surface area contributed by atoms with E-state index in [1.807, 2.05) is 12.3 Å². The molecule has 3 heteroatoms. The molecule has 2 rings (SSSR count). The number of pyridine rings is 1. The van der Waals surface area contributed by atoms with E-state index in [2.05, 4.69) is 22.9 Å². The maximum absolute atomic E-state index is 5.72. The fourth-order valence-corrected chi connectivity index (χ4v) is 2.43. The number of hydrogen-bond donors (Lipinski definition) is 1. The predicted octanol–water partition coefficient (Wildman–Crippen LogP) is 1.92. The van der Waals surface area contributed by atoms with Gasteiger partial charge in [-0.05, 0) is 31.4 Å². The fourth-order valence-electron chi connectivity index (χ4n) is 2.43. The Balaban J connectivity index is 2.27. The minimum absolute atomic E-state index is 0.531. The highest BCUT2D eigenvalue weighted by Gasteiger charge is 2.24. The summed E-state index contributed by atoms with van der Waals surface area (Å²) in [7, 11) is 0. The van der Waals surface area contributed by atoms with Crippen molar-refractivity contribution in [1.29, 1.82) is 0 Å². The van der Waals surface area contributed by atoms with Crippen molar-refractivity contribution in [3.8, 4) is 0 Å². The van der Waals surface area contributed by atoms with E-state index in [0.29, 0.717) is 12.6 Å². The lowest BCUT2D eigenvalue weighted by Gasteiger charge is -2.27. The van der Waals surface area contributed by atoms with Crippen LogP contribution < -0.4 is 10.6 Å². The molecule has 1 aromatic heterocycles. The van der Waals surface area contributed by atoms with E-state index in [0.717, 1.165) is 12.2 Å². The highest BCUT2D eigenvalue weighted by molar-refractivity contribution is 5.52. The lowest BCUT2D eigenvalue weighted by molar-refractivity contribution is 0.642. The van der Waals surface area contributed by atoms with Crippen LogP contribution in [0.5, 0.6) is 0 Å². The van der Waals surface area contributed by atoms with E-state index in [9.17, 15) is 0 Å². The van der Waals surface area contributed by atoms with Crippen LogP contribution in [0.3, 0.4) is 0 Å². The standard InChI is InChI=1S/C12H19N3/c1-2-10-5-4-8-15(10)12-6-3-7-14-11(12)9-13/h3,6-7,10H,2,4-5,8-9,13H2,1H3. The molecule has 0 bridgehead atoms. The summed E-state index contributed by atoms with van der Waals surface area (Å²) >= 11 is 0. The summed E-state index contributed by atoms with van der Waals surface area (Å²) in [5, 5.41) is 0. The second-order valence-corrected chi connectivity index (χ2v) is 4.07. The molecule has 1 aliphatic rings. The molecule has 0 amide bonds. The average Bonchev–Trinajstić information content (AvgIpc) is 2.76. The molecule has 0 saturated carbocycles. The third kappa shape index (κ3) is 1.97. The molecule has 0 aliphatic carbocycles. The second-order valence-electron chi connectivity index (χ2n) is 4.07. The maximum atomic E-state index is 5.72. The highest BCUT2D eigenvalue weighted by atomic mass is 15.2. The Morgan fingerprint density at radius 3 is 3.20 bits per heavy atom. The van der Waals surface area contributed by atoms with Crippen molar-refractivity contribution in [3.05, 3.63) is 24.0 Å². The van der Waals surface area contributed by atoms with Gasteiger partial charge in [0.25, 0.3) is 0 Å². The number of anilines is 1. The van der Waals surface area contributed by atoms with Crippen molar-refractivity contribution >= 4 is 5.69 Å². The Kier molecular flexibility index (Phi) is 3.21. The molecular formula is C12H19N3. The molecule has 0 spiro atoms. The summed E-state index contributed by atoms with van der Waals surface area (Å²) in [6.45, 7) is 3.93. The number of nitrogens with two attached hydrogens (primary N) is 1. The molecule has 1 saturated heterocycles. The second kappa shape index (κ2) is 4.62. The minimum Gasteiger partial charge on any atom is -0.367 e. The first-order chi connectivity index (χ1) is 7.36. The molecule has 2 heterocycles. The number of aromatic nitrogens is 1. The smallest absolute Gasteiger partial charge is 0.0772 e. The summed E-state index contributed by atoms with van der Waals surface area (Å²) in [6, 6.07) is 4.82. The molecule has 1 fully saturated rings. The van der Waals surface area contributed by atoms with Crippen LogP contribution in [0.1, 0.15) is 31.9 Å². The van der Waals surface area contributed by atoms with Crippen LogP contribution in [0.25, 0.3) is 0 Å². The van der Waals surface area contributed by atoms with Crippen molar-refractivity contribution in [3.63, 3.8) is 0 Å². The lowest BCUT2D eigenvalue weighted by atomic mass is 10.1. The van der Waals surface area contributed by atoms with Gasteiger partial charge >= 0.3 is 0 Å². The summed E-state index contributed by atoms with van der Waals surface area (Å²) < 4.78 is 0. The summed E-state index contributed by atoms with van der Waals surface area (Å²) in [6.07, 6.45) is 5.62. The Labute approximate surface area is 91.3 Å².